The van der Waals surface area contributed by atoms with E-state index in [-0.39, 0.29) is 21.4 Å². The number of aryl methyl sites for hydroxylation is 1. The number of carbonyl (C=O) groups excluding carboxylic acids is 1. The van der Waals surface area contributed by atoms with E-state index in [4.69, 9.17) is 23.2 Å². The van der Waals surface area contributed by atoms with Crippen LogP contribution in [0.25, 0.3) is 0 Å². The lowest BCUT2D eigenvalue weighted by Crippen LogP contribution is -2.20. The van der Waals surface area contributed by atoms with Crippen LogP contribution in [0.3, 0.4) is 0 Å². The van der Waals surface area contributed by atoms with Crippen molar-refractivity contribution in [1.82, 2.24) is 0 Å². The summed E-state index contributed by atoms with van der Waals surface area (Å²) in [4.78, 5) is 11.9. The highest BCUT2D eigenvalue weighted by Gasteiger charge is 2.30. The number of urea groups is 1. The molecule has 0 aliphatic heterocycles. The second-order valence-electron chi connectivity index (χ2n) is 4.71. The van der Waals surface area contributed by atoms with Crippen LogP contribution in [0.5, 0.6) is 0 Å². The first-order valence-corrected chi connectivity index (χ1v) is 7.14. The summed E-state index contributed by atoms with van der Waals surface area (Å²) < 4.78 is 37.9. The largest absolute Gasteiger partial charge is 0.416 e. The summed E-state index contributed by atoms with van der Waals surface area (Å²) >= 11 is 12.0. The van der Waals surface area contributed by atoms with Gasteiger partial charge in [0.15, 0.2) is 0 Å². The molecule has 0 atom stereocenters. The van der Waals surface area contributed by atoms with Crippen molar-refractivity contribution in [2.75, 3.05) is 10.6 Å². The van der Waals surface area contributed by atoms with Gasteiger partial charge in [-0.25, -0.2) is 4.79 Å². The van der Waals surface area contributed by atoms with Crippen molar-refractivity contribution in [2.45, 2.75) is 13.1 Å². The lowest BCUT2D eigenvalue weighted by atomic mass is 10.2. The molecule has 0 aliphatic rings. The monoisotopic (exact) mass is 362 g/mol. The van der Waals surface area contributed by atoms with E-state index >= 15 is 0 Å². The predicted octanol–water partition coefficient (Wildman–Crippen LogP) is 5.96. The van der Waals surface area contributed by atoms with Gasteiger partial charge in [-0.3, -0.25) is 0 Å². The molecule has 0 saturated heterocycles. The Morgan fingerprint density at radius 3 is 2.43 bits per heavy atom. The van der Waals surface area contributed by atoms with Crippen molar-refractivity contribution in [3.63, 3.8) is 0 Å². The Morgan fingerprint density at radius 1 is 1.09 bits per heavy atom. The number of anilines is 2. The first-order valence-electron chi connectivity index (χ1n) is 6.38. The van der Waals surface area contributed by atoms with Gasteiger partial charge in [0.1, 0.15) is 0 Å². The molecule has 2 aromatic carbocycles. The fraction of sp³-hybridized carbons (Fsp3) is 0.133. The Kier molecular flexibility index (Phi) is 5.06. The van der Waals surface area contributed by atoms with Crippen LogP contribution in [0.1, 0.15) is 11.1 Å². The van der Waals surface area contributed by atoms with Gasteiger partial charge in [-0.1, -0.05) is 35.3 Å². The van der Waals surface area contributed by atoms with Gasteiger partial charge in [-0.15, -0.1) is 0 Å². The number of hydrogen-bond acceptors (Lipinski definition) is 1. The van der Waals surface area contributed by atoms with Crippen molar-refractivity contribution >= 4 is 40.6 Å². The van der Waals surface area contributed by atoms with Crippen molar-refractivity contribution in [2.24, 2.45) is 0 Å². The maximum Gasteiger partial charge on any atom is 0.416 e. The zero-order valence-corrected chi connectivity index (χ0v) is 13.3. The minimum absolute atomic E-state index is 0.00257. The second kappa shape index (κ2) is 6.68. The molecule has 8 heteroatoms. The van der Waals surface area contributed by atoms with Crippen molar-refractivity contribution < 1.29 is 18.0 Å². The zero-order valence-electron chi connectivity index (χ0n) is 11.8. The molecule has 0 saturated carbocycles. The maximum absolute atomic E-state index is 12.6. The molecule has 0 spiro atoms. The van der Waals surface area contributed by atoms with E-state index in [0.29, 0.717) is 5.56 Å². The number of amides is 2. The number of nitrogens with one attached hydrogen (secondary N) is 2. The Morgan fingerprint density at radius 2 is 1.78 bits per heavy atom. The average molecular weight is 363 g/mol. The zero-order chi connectivity index (χ0) is 17.2. The minimum atomic E-state index is -4.49. The van der Waals surface area contributed by atoms with Gasteiger partial charge in [0.2, 0.25) is 0 Å². The fourth-order valence-electron chi connectivity index (χ4n) is 1.82. The maximum atomic E-state index is 12.6. The van der Waals surface area contributed by atoms with Crippen LogP contribution in [-0.4, -0.2) is 6.03 Å². The molecule has 122 valence electrons. The van der Waals surface area contributed by atoms with Crippen LogP contribution >= 0.6 is 23.2 Å². The summed E-state index contributed by atoms with van der Waals surface area (Å²) in [5, 5.41) is 5.22. The topological polar surface area (TPSA) is 41.1 Å². The van der Waals surface area contributed by atoms with Crippen LogP contribution in [0.15, 0.2) is 36.4 Å². The van der Waals surface area contributed by atoms with E-state index in [1.807, 2.05) is 0 Å². The van der Waals surface area contributed by atoms with Gasteiger partial charge in [0.25, 0.3) is 0 Å². The summed E-state index contributed by atoms with van der Waals surface area (Å²) in [6.45, 7) is 1.73. The summed E-state index contributed by atoms with van der Waals surface area (Å²) in [6.07, 6.45) is -4.49. The molecular weight excluding hydrogens is 352 g/mol. The lowest BCUT2D eigenvalue weighted by molar-refractivity contribution is -0.137. The summed E-state index contributed by atoms with van der Waals surface area (Å²) in [5.74, 6) is 0. The standard InChI is InChI=1S/C15H11Cl2F3N2O/c1-8-5-6-11(16)13(12(8)17)22-14(23)21-10-4-2-3-9(7-10)15(18,19)20/h2-7H,1H3,(H2,21,22,23). The molecule has 23 heavy (non-hydrogen) atoms. The third-order valence-corrected chi connectivity index (χ3v) is 3.77. The van der Waals surface area contributed by atoms with Gasteiger partial charge in [0.05, 0.1) is 21.3 Å². The molecule has 0 aromatic heterocycles. The van der Waals surface area contributed by atoms with Gasteiger partial charge in [0, 0.05) is 5.69 Å². The number of rotatable bonds is 2. The van der Waals surface area contributed by atoms with Crippen LogP contribution in [0, 0.1) is 6.92 Å². The molecule has 2 aromatic rings. The number of halogens is 5. The smallest absolute Gasteiger partial charge is 0.308 e. The predicted molar refractivity (Wildman–Crippen MR) is 85.3 cm³/mol. The molecule has 2 N–H and O–H groups in total. The third-order valence-electron chi connectivity index (χ3n) is 2.97. The molecule has 0 unspecified atom stereocenters. The van der Waals surface area contributed by atoms with E-state index in [1.54, 1.807) is 19.1 Å². The number of hydrogen-bond donors (Lipinski definition) is 2. The van der Waals surface area contributed by atoms with Crippen LogP contribution < -0.4 is 10.6 Å². The summed E-state index contributed by atoms with van der Waals surface area (Å²) in [7, 11) is 0. The highest BCUT2D eigenvalue weighted by molar-refractivity contribution is 6.40. The Hall–Kier alpha value is -1.92. The molecular formula is C15H11Cl2F3N2O. The van der Waals surface area contributed by atoms with Gasteiger partial charge in [-0.05, 0) is 36.8 Å². The van der Waals surface area contributed by atoms with Crippen LogP contribution in [0.4, 0.5) is 29.3 Å². The Bertz CT molecular complexity index is 748. The Labute approximate surface area is 140 Å². The normalized spacial score (nSPS) is 11.2. The van der Waals surface area contributed by atoms with E-state index in [9.17, 15) is 18.0 Å². The molecule has 0 aliphatic carbocycles. The third kappa shape index (κ3) is 4.30. The summed E-state index contributed by atoms with van der Waals surface area (Å²) in [5.41, 5.74) is 0.0300. The SMILES string of the molecule is Cc1ccc(Cl)c(NC(=O)Nc2cccc(C(F)(F)F)c2)c1Cl. The second-order valence-corrected chi connectivity index (χ2v) is 5.50. The average Bonchev–Trinajstić information content (AvgIpc) is 2.47. The van der Waals surface area contributed by atoms with E-state index in [2.05, 4.69) is 10.6 Å². The van der Waals surface area contributed by atoms with Crippen molar-refractivity contribution in [3.05, 3.63) is 57.6 Å². The number of benzene rings is 2. The van der Waals surface area contributed by atoms with Gasteiger partial charge < -0.3 is 10.6 Å². The van der Waals surface area contributed by atoms with Crippen molar-refractivity contribution in [3.8, 4) is 0 Å². The number of carbonyl (C=O) groups is 1. The van der Waals surface area contributed by atoms with E-state index in [1.165, 1.54) is 12.1 Å². The number of alkyl halides is 3. The minimum Gasteiger partial charge on any atom is -0.308 e. The van der Waals surface area contributed by atoms with E-state index < -0.39 is 17.8 Å². The highest BCUT2D eigenvalue weighted by Crippen LogP contribution is 2.33. The van der Waals surface area contributed by atoms with Crippen LogP contribution in [0.2, 0.25) is 10.0 Å². The van der Waals surface area contributed by atoms with Gasteiger partial charge in [-0.2, -0.15) is 13.2 Å². The molecule has 0 fully saturated rings. The molecule has 0 radical (unpaired) electrons. The highest BCUT2D eigenvalue weighted by atomic mass is 35.5. The van der Waals surface area contributed by atoms with Crippen LogP contribution in [-0.2, 0) is 6.18 Å². The van der Waals surface area contributed by atoms with Crippen molar-refractivity contribution in [1.29, 1.82) is 0 Å². The van der Waals surface area contributed by atoms with E-state index in [0.717, 1.165) is 12.1 Å². The molecule has 0 bridgehead atoms. The molecule has 2 rings (SSSR count). The van der Waals surface area contributed by atoms with Gasteiger partial charge >= 0.3 is 12.2 Å². The summed E-state index contributed by atoms with van der Waals surface area (Å²) in [6, 6.07) is 6.78. The molecule has 0 heterocycles. The quantitative estimate of drug-likeness (QED) is 0.679. The lowest BCUT2D eigenvalue weighted by Gasteiger charge is -2.13. The first-order chi connectivity index (χ1) is 10.7. The fourth-order valence-corrected chi connectivity index (χ4v) is 2.29. The first kappa shape index (κ1) is 17.4. The Balaban J connectivity index is 2.17. The molecule has 2 amide bonds. The molecule has 3 nitrogen and oxygen atoms in total.